The normalized spacial score (nSPS) is 10.8. The highest BCUT2D eigenvalue weighted by Gasteiger charge is 2.12. The van der Waals surface area contributed by atoms with E-state index in [0.717, 1.165) is 0 Å². The highest BCUT2D eigenvalue weighted by molar-refractivity contribution is 7.15. The van der Waals surface area contributed by atoms with Gasteiger partial charge in [-0.15, -0.1) is 22.7 Å². The molecule has 3 aromatic rings. The van der Waals surface area contributed by atoms with Crippen molar-refractivity contribution in [2.24, 2.45) is 0 Å². The fraction of sp³-hybridized carbons (Fsp3) is 0.200. The Hall–Kier alpha value is -2.32. The second-order valence-corrected chi connectivity index (χ2v) is 6.52. The first-order chi connectivity index (χ1) is 11.1. The lowest BCUT2D eigenvalue weighted by Gasteiger charge is -2.04. The average molecular weight is 348 g/mol. The van der Waals surface area contributed by atoms with Crippen LogP contribution in [-0.2, 0) is 16.1 Å². The summed E-state index contributed by atoms with van der Waals surface area (Å²) in [5, 5.41) is 3.58. The number of aromatic nitrogens is 2. The van der Waals surface area contributed by atoms with Gasteiger partial charge in [-0.25, -0.2) is 4.98 Å². The number of thiazole rings is 1. The predicted molar refractivity (Wildman–Crippen MR) is 87.0 cm³/mol. The third-order valence-corrected chi connectivity index (χ3v) is 4.76. The largest absolute Gasteiger partial charge is 0.459 e. The maximum atomic E-state index is 11.8. The zero-order valence-corrected chi connectivity index (χ0v) is 13.6. The molecule has 3 heterocycles. The first-order valence-electron chi connectivity index (χ1n) is 6.81. The molecule has 118 valence electrons. The fourth-order valence-electron chi connectivity index (χ4n) is 1.96. The lowest BCUT2D eigenvalue weighted by Crippen LogP contribution is -2.15. The number of ketones is 1. The van der Waals surface area contributed by atoms with Gasteiger partial charge in [0.15, 0.2) is 10.7 Å². The van der Waals surface area contributed by atoms with Crippen LogP contribution in [0.5, 0.6) is 0 Å². The Kier molecular flexibility index (Phi) is 4.63. The van der Waals surface area contributed by atoms with Crippen molar-refractivity contribution in [3.8, 4) is 0 Å². The first-order valence-corrected chi connectivity index (χ1v) is 8.57. The summed E-state index contributed by atoms with van der Waals surface area (Å²) in [6.45, 7) is -0.0737. The van der Waals surface area contributed by atoms with Crippen molar-refractivity contribution < 1.29 is 14.3 Å². The van der Waals surface area contributed by atoms with Gasteiger partial charge in [0, 0.05) is 24.1 Å². The highest BCUT2D eigenvalue weighted by Crippen LogP contribution is 2.13. The van der Waals surface area contributed by atoms with Crippen molar-refractivity contribution in [2.75, 3.05) is 0 Å². The molecule has 0 fully saturated rings. The minimum atomic E-state index is -0.483. The van der Waals surface area contributed by atoms with Crippen molar-refractivity contribution in [3.05, 3.63) is 56.1 Å². The SMILES string of the molecule is O=C(CCC(=O)c1cccs1)OCc1cc(=O)n2ccsc2n1. The minimum absolute atomic E-state index is 0.0109. The molecule has 0 atom stereocenters. The Morgan fingerprint density at radius 1 is 1.22 bits per heavy atom. The van der Waals surface area contributed by atoms with Gasteiger partial charge in [0.2, 0.25) is 0 Å². The molecule has 0 spiro atoms. The van der Waals surface area contributed by atoms with Gasteiger partial charge in [0.1, 0.15) is 6.61 Å². The molecule has 3 aromatic heterocycles. The summed E-state index contributed by atoms with van der Waals surface area (Å²) < 4.78 is 6.51. The van der Waals surface area contributed by atoms with Crippen LogP contribution in [0.2, 0.25) is 0 Å². The standard InChI is InChI=1S/C15H12N2O4S2/c18-11(12-2-1-6-22-12)3-4-14(20)21-9-10-8-13(19)17-5-7-23-15(17)16-10/h1-2,5-8H,3-4,9H2. The maximum Gasteiger partial charge on any atom is 0.306 e. The number of esters is 1. The molecule has 0 aliphatic carbocycles. The Morgan fingerprint density at radius 2 is 2.09 bits per heavy atom. The summed E-state index contributed by atoms with van der Waals surface area (Å²) in [4.78, 5) is 40.7. The summed E-state index contributed by atoms with van der Waals surface area (Å²) in [6.07, 6.45) is 1.76. The van der Waals surface area contributed by atoms with E-state index in [9.17, 15) is 14.4 Å². The Bertz CT molecular complexity index is 896. The van der Waals surface area contributed by atoms with E-state index in [1.54, 1.807) is 23.7 Å². The summed E-state index contributed by atoms with van der Waals surface area (Å²) in [5.74, 6) is -0.559. The lowest BCUT2D eigenvalue weighted by atomic mass is 10.2. The van der Waals surface area contributed by atoms with Gasteiger partial charge < -0.3 is 4.74 Å². The maximum absolute atomic E-state index is 11.8. The van der Waals surface area contributed by atoms with Gasteiger partial charge in [-0.1, -0.05) is 6.07 Å². The minimum Gasteiger partial charge on any atom is -0.459 e. The number of carbonyl (C=O) groups is 2. The van der Waals surface area contributed by atoms with Crippen LogP contribution in [0, 0.1) is 0 Å². The molecule has 8 heteroatoms. The number of fused-ring (bicyclic) bond motifs is 1. The van der Waals surface area contributed by atoms with Gasteiger partial charge in [0.05, 0.1) is 17.0 Å². The van der Waals surface area contributed by atoms with Crippen molar-refractivity contribution in [1.82, 2.24) is 9.38 Å². The number of hydrogen-bond acceptors (Lipinski definition) is 7. The van der Waals surface area contributed by atoms with Gasteiger partial charge >= 0.3 is 5.97 Å². The van der Waals surface area contributed by atoms with Crippen LogP contribution in [0.1, 0.15) is 28.2 Å². The first kappa shape index (κ1) is 15.6. The van der Waals surface area contributed by atoms with Crippen LogP contribution in [0.15, 0.2) is 40.0 Å². The van der Waals surface area contributed by atoms with Gasteiger partial charge in [-0.05, 0) is 11.4 Å². The van der Waals surface area contributed by atoms with Crippen molar-refractivity contribution in [2.45, 2.75) is 19.4 Å². The molecule has 3 rings (SSSR count). The zero-order valence-electron chi connectivity index (χ0n) is 11.9. The zero-order chi connectivity index (χ0) is 16.2. The molecule has 0 amide bonds. The summed E-state index contributed by atoms with van der Waals surface area (Å²) >= 11 is 2.68. The third kappa shape index (κ3) is 3.72. The number of carbonyl (C=O) groups excluding carboxylic acids is 2. The van der Waals surface area contributed by atoms with E-state index >= 15 is 0 Å². The van der Waals surface area contributed by atoms with E-state index < -0.39 is 5.97 Å². The topological polar surface area (TPSA) is 77.7 Å². The monoisotopic (exact) mass is 348 g/mol. The molecule has 0 aliphatic heterocycles. The quantitative estimate of drug-likeness (QED) is 0.505. The molecule has 0 aliphatic rings. The van der Waals surface area contributed by atoms with Crippen LogP contribution in [0.25, 0.3) is 4.96 Å². The molecular formula is C15H12N2O4S2. The summed E-state index contributed by atoms with van der Waals surface area (Å²) in [5.41, 5.74) is 0.186. The van der Waals surface area contributed by atoms with Crippen LogP contribution in [0.4, 0.5) is 0 Å². The molecule has 0 radical (unpaired) electrons. The van der Waals surface area contributed by atoms with E-state index in [1.807, 2.05) is 5.38 Å². The summed E-state index contributed by atoms with van der Waals surface area (Å²) in [6, 6.07) is 4.86. The van der Waals surface area contributed by atoms with Crippen LogP contribution >= 0.6 is 22.7 Å². The molecular weight excluding hydrogens is 336 g/mol. The fourth-order valence-corrected chi connectivity index (χ4v) is 3.40. The van der Waals surface area contributed by atoms with E-state index in [0.29, 0.717) is 15.5 Å². The molecule has 0 bridgehead atoms. The van der Waals surface area contributed by atoms with Crippen LogP contribution in [0.3, 0.4) is 0 Å². The summed E-state index contributed by atoms with van der Waals surface area (Å²) in [7, 11) is 0. The van der Waals surface area contributed by atoms with Crippen LogP contribution < -0.4 is 5.56 Å². The molecule has 0 saturated carbocycles. The molecule has 0 unspecified atom stereocenters. The van der Waals surface area contributed by atoms with E-state index in [2.05, 4.69) is 4.98 Å². The molecule has 0 saturated heterocycles. The van der Waals surface area contributed by atoms with Gasteiger partial charge in [0.25, 0.3) is 5.56 Å². The molecule has 23 heavy (non-hydrogen) atoms. The van der Waals surface area contributed by atoms with Crippen molar-refractivity contribution >= 4 is 39.4 Å². The van der Waals surface area contributed by atoms with Gasteiger partial charge in [-0.3, -0.25) is 18.8 Å². The number of rotatable bonds is 6. The Labute approximate surface area is 139 Å². The van der Waals surface area contributed by atoms with Crippen molar-refractivity contribution in [1.29, 1.82) is 0 Å². The number of nitrogens with zero attached hydrogens (tertiary/aromatic N) is 2. The second-order valence-electron chi connectivity index (χ2n) is 4.70. The smallest absolute Gasteiger partial charge is 0.306 e. The number of Topliss-reactive ketones (excluding diaryl/α,β-unsaturated/α-hetero) is 1. The Morgan fingerprint density at radius 3 is 2.87 bits per heavy atom. The number of hydrogen-bond donors (Lipinski definition) is 0. The lowest BCUT2D eigenvalue weighted by molar-refractivity contribution is -0.145. The van der Waals surface area contributed by atoms with Crippen molar-refractivity contribution in [3.63, 3.8) is 0 Å². The number of ether oxygens (including phenoxy) is 1. The van der Waals surface area contributed by atoms with Gasteiger partial charge in [-0.2, -0.15) is 0 Å². The molecule has 6 nitrogen and oxygen atoms in total. The number of thiophene rings is 1. The highest BCUT2D eigenvalue weighted by atomic mass is 32.1. The molecule has 0 aromatic carbocycles. The van der Waals surface area contributed by atoms with E-state index in [1.165, 1.54) is 33.1 Å². The van der Waals surface area contributed by atoms with Crippen LogP contribution in [-0.4, -0.2) is 21.1 Å². The Balaban J connectivity index is 1.54. The van der Waals surface area contributed by atoms with E-state index in [4.69, 9.17) is 4.74 Å². The molecule has 0 N–H and O–H groups in total. The van der Waals surface area contributed by atoms with E-state index in [-0.39, 0.29) is 30.8 Å². The predicted octanol–water partition coefficient (Wildman–Crippen LogP) is 2.52. The second kappa shape index (κ2) is 6.84. The average Bonchev–Trinajstić information content (AvgIpc) is 3.21. The third-order valence-electron chi connectivity index (χ3n) is 3.09.